The number of hydrogen-bond donors (Lipinski definition) is 2. The minimum absolute atomic E-state index is 0.109. The quantitative estimate of drug-likeness (QED) is 0.888. The average molecular weight is 323 g/mol. The second-order valence-corrected chi connectivity index (χ2v) is 6.25. The van der Waals surface area contributed by atoms with Gasteiger partial charge in [-0.3, -0.25) is 9.59 Å². The van der Waals surface area contributed by atoms with Crippen LogP contribution in [-0.2, 0) is 14.3 Å². The molecule has 1 aliphatic carbocycles. The molecule has 1 saturated carbocycles. The van der Waals surface area contributed by atoms with Crippen molar-refractivity contribution in [3.05, 3.63) is 34.9 Å². The van der Waals surface area contributed by atoms with Gasteiger partial charge in [0.1, 0.15) is 6.61 Å². The summed E-state index contributed by atoms with van der Waals surface area (Å²) in [5.41, 5.74) is 0.695. The molecule has 2 N–H and O–H groups in total. The number of ether oxygens (including phenoxy) is 1. The van der Waals surface area contributed by atoms with Gasteiger partial charge in [-0.05, 0) is 30.4 Å². The van der Waals surface area contributed by atoms with Gasteiger partial charge in [0.15, 0.2) is 6.10 Å². The minimum Gasteiger partial charge on any atom is -0.356 e. The fourth-order valence-electron chi connectivity index (χ4n) is 2.79. The Balaban J connectivity index is 1.73. The molecule has 0 spiro atoms. The minimum atomic E-state index is -0.752. The first-order chi connectivity index (χ1) is 10.6. The van der Waals surface area contributed by atoms with Crippen LogP contribution in [0.3, 0.4) is 0 Å². The van der Waals surface area contributed by atoms with E-state index in [1.807, 2.05) is 12.1 Å². The van der Waals surface area contributed by atoms with Crippen molar-refractivity contribution in [1.82, 2.24) is 10.6 Å². The van der Waals surface area contributed by atoms with Crippen molar-refractivity contribution < 1.29 is 14.3 Å². The molecule has 0 bridgehead atoms. The number of amides is 2. The van der Waals surface area contributed by atoms with Gasteiger partial charge in [0.05, 0.1) is 6.04 Å². The van der Waals surface area contributed by atoms with Crippen molar-refractivity contribution in [2.45, 2.75) is 31.4 Å². The lowest BCUT2D eigenvalue weighted by atomic mass is 9.85. The van der Waals surface area contributed by atoms with E-state index in [2.05, 4.69) is 10.6 Å². The first kappa shape index (κ1) is 15.3. The third-order valence-electron chi connectivity index (χ3n) is 4.30. The van der Waals surface area contributed by atoms with Gasteiger partial charge in [-0.25, -0.2) is 0 Å². The Morgan fingerprint density at radius 3 is 2.82 bits per heavy atom. The molecule has 2 atom stereocenters. The highest BCUT2D eigenvalue weighted by molar-refractivity contribution is 6.31. The Morgan fingerprint density at radius 2 is 2.14 bits per heavy atom. The molecule has 1 saturated heterocycles. The zero-order valence-corrected chi connectivity index (χ0v) is 12.9. The van der Waals surface area contributed by atoms with Crippen LogP contribution < -0.4 is 10.6 Å². The Labute approximate surface area is 134 Å². The van der Waals surface area contributed by atoms with E-state index in [9.17, 15) is 9.59 Å². The van der Waals surface area contributed by atoms with Crippen LogP contribution in [0.2, 0.25) is 5.02 Å². The molecule has 1 aliphatic heterocycles. The number of rotatable bonds is 4. The number of hydrogen-bond acceptors (Lipinski definition) is 3. The monoisotopic (exact) mass is 322 g/mol. The van der Waals surface area contributed by atoms with Crippen LogP contribution in [-0.4, -0.2) is 31.1 Å². The summed E-state index contributed by atoms with van der Waals surface area (Å²) in [5, 5.41) is 6.25. The molecular formula is C16H19ClN2O3. The first-order valence-electron chi connectivity index (χ1n) is 7.58. The fourth-order valence-corrected chi connectivity index (χ4v) is 3.04. The molecule has 22 heavy (non-hydrogen) atoms. The SMILES string of the molecule is O=C1CO[C@H](C(=O)NCC2CCC2)[C@@H](c2ccccc2Cl)N1. The smallest absolute Gasteiger partial charge is 0.251 e. The zero-order valence-electron chi connectivity index (χ0n) is 12.2. The summed E-state index contributed by atoms with van der Waals surface area (Å²) in [4.78, 5) is 24.1. The predicted octanol–water partition coefficient (Wildman–Crippen LogP) is 1.81. The van der Waals surface area contributed by atoms with Gasteiger partial charge in [-0.2, -0.15) is 0 Å². The fraction of sp³-hybridized carbons (Fsp3) is 0.500. The van der Waals surface area contributed by atoms with Crippen LogP contribution >= 0.6 is 11.6 Å². The lowest BCUT2D eigenvalue weighted by Gasteiger charge is -2.33. The highest BCUT2D eigenvalue weighted by Gasteiger charge is 2.37. The molecule has 3 rings (SSSR count). The maximum atomic E-state index is 12.4. The Kier molecular flexibility index (Phi) is 4.64. The van der Waals surface area contributed by atoms with Gasteiger partial charge in [-0.15, -0.1) is 0 Å². The standard InChI is InChI=1S/C16H19ClN2O3/c17-12-7-2-1-6-11(12)14-15(22-9-13(20)19-14)16(21)18-8-10-4-3-5-10/h1-2,6-7,10,14-15H,3-5,8-9H2,(H,18,21)(H,19,20)/t14-,15+/m1/s1. The van der Waals surface area contributed by atoms with Crippen molar-refractivity contribution in [3.63, 3.8) is 0 Å². The second kappa shape index (κ2) is 6.67. The number of morpholine rings is 1. The van der Waals surface area contributed by atoms with Gasteiger partial charge >= 0.3 is 0 Å². The lowest BCUT2D eigenvalue weighted by molar-refractivity contribution is -0.148. The molecule has 1 aromatic carbocycles. The number of benzene rings is 1. The number of carbonyl (C=O) groups is 2. The number of carbonyl (C=O) groups excluding carboxylic acids is 2. The first-order valence-corrected chi connectivity index (χ1v) is 7.96. The van der Waals surface area contributed by atoms with Gasteiger partial charge in [0.2, 0.25) is 5.91 Å². The summed E-state index contributed by atoms with van der Waals surface area (Å²) >= 11 is 6.20. The maximum absolute atomic E-state index is 12.4. The summed E-state index contributed by atoms with van der Waals surface area (Å²) < 4.78 is 5.48. The molecule has 1 heterocycles. The molecule has 2 amide bonds. The Hall–Kier alpha value is -1.59. The van der Waals surface area contributed by atoms with Crippen LogP contribution in [0.15, 0.2) is 24.3 Å². The molecule has 0 unspecified atom stereocenters. The van der Waals surface area contributed by atoms with E-state index in [0.717, 1.165) is 12.8 Å². The Bertz CT molecular complexity index is 574. The van der Waals surface area contributed by atoms with Crippen molar-refractivity contribution in [2.75, 3.05) is 13.2 Å². The summed E-state index contributed by atoms with van der Waals surface area (Å²) in [6, 6.07) is 6.61. The molecule has 0 radical (unpaired) electrons. The molecule has 2 fully saturated rings. The van der Waals surface area contributed by atoms with Crippen LogP contribution in [0, 0.1) is 5.92 Å². The predicted molar refractivity (Wildman–Crippen MR) is 82.4 cm³/mol. The van der Waals surface area contributed by atoms with E-state index < -0.39 is 12.1 Å². The highest BCUT2D eigenvalue weighted by atomic mass is 35.5. The molecule has 1 aromatic rings. The van der Waals surface area contributed by atoms with E-state index in [4.69, 9.17) is 16.3 Å². The topological polar surface area (TPSA) is 67.4 Å². The van der Waals surface area contributed by atoms with Crippen molar-refractivity contribution >= 4 is 23.4 Å². The van der Waals surface area contributed by atoms with Crippen LogP contribution in [0.5, 0.6) is 0 Å². The summed E-state index contributed by atoms with van der Waals surface area (Å²) in [5.74, 6) is 0.130. The molecule has 2 aliphatic rings. The van der Waals surface area contributed by atoms with Crippen molar-refractivity contribution in [3.8, 4) is 0 Å². The zero-order chi connectivity index (χ0) is 15.5. The normalized spacial score (nSPS) is 25.2. The number of halogens is 1. The molecule has 118 valence electrons. The van der Waals surface area contributed by atoms with Crippen molar-refractivity contribution in [2.24, 2.45) is 5.92 Å². The largest absolute Gasteiger partial charge is 0.356 e. The lowest BCUT2D eigenvalue weighted by Crippen LogP contribution is -2.53. The molecule has 6 heteroatoms. The third-order valence-corrected chi connectivity index (χ3v) is 4.65. The molecular weight excluding hydrogens is 304 g/mol. The van der Waals surface area contributed by atoms with Crippen LogP contribution in [0.4, 0.5) is 0 Å². The van der Waals surface area contributed by atoms with Gasteiger partial charge < -0.3 is 15.4 Å². The molecule has 0 aromatic heterocycles. The average Bonchev–Trinajstić information content (AvgIpc) is 2.46. The van der Waals surface area contributed by atoms with E-state index in [1.54, 1.807) is 12.1 Å². The highest BCUT2D eigenvalue weighted by Crippen LogP contribution is 2.29. The van der Waals surface area contributed by atoms with E-state index in [1.165, 1.54) is 6.42 Å². The van der Waals surface area contributed by atoms with Gasteiger partial charge in [0, 0.05) is 11.6 Å². The van der Waals surface area contributed by atoms with E-state index in [-0.39, 0.29) is 18.4 Å². The van der Waals surface area contributed by atoms with Gasteiger partial charge in [-0.1, -0.05) is 36.2 Å². The molecule has 5 nitrogen and oxygen atoms in total. The third kappa shape index (κ3) is 3.25. The van der Waals surface area contributed by atoms with Gasteiger partial charge in [0.25, 0.3) is 5.91 Å². The van der Waals surface area contributed by atoms with Crippen LogP contribution in [0.1, 0.15) is 30.9 Å². The second-order valence-electron chi connectivity index (χ2n) is 5.84. The van der Waals surface area contributed by atoms with E-state index in [0.29, 0.717) is 23.0 Å². The van der Waals surface area contributed by atoms with E-state index >= 15 is 0 Å². The maximum Gasteiger partial charge on any atom is 0.251 e. The summed E-state index contributed by atoms with van der Waals surface area (Å²) in [6.07, 6.45) is 2.81. The van der Waals surface area contributed by atoms with Crippen LogP contribution in [0.25, 0.3) is 0 Å². The summed E-state index contributed by atoms with van der Waals surface area (Å²) in [6.45, 7) is 0.560. The Morgan fingerprint density at radius 1 is 1.36 bits per heavy atom. The van der Waals surface area contributed by atoms with Crippen molar-refractivity contribution in [1.29, 1.82) is 0 Å². The number of nitrogens with one attached hydrogen (secondary N) is 2. The summed E-state index contributed by atoms with van der Waals surface area (Å²) in [7, 11) is 0.